The zero-order valence-corrected chi connectivity index (χ0v) is 11.1. The van der Waals surface area contributed by atoms with Crippen LogP contribution in [0.4, 0.5) is 5.69 Å². The summed E-state index contributed by atoms with van der Waals surface area (Å²) in [5.41, 5.74) is 1.10. The molecular weight excluding hydrogens is 232 g/mol. The number of benzene rings is 1. The number of hydrogen-bond donors (Lipinski definition) is 1. The smallest absolute Gasteiger partial charge is 0.152 e. The molecule has 0 unspecified atom stereocenters. The number of thioether (sulfide) groups is 1. The van der Waals surface area contributed by atoms with Crippen LogP contribution >= 0.6 is 11.8 Å². The predicted octanol–water partition coefficient (Wildman–Crippen LogP) is 2.46. The molecule has 4 nitrogen and oxygen atoms in total. The molecule has 0 amide bonds. The molecule has 0 saturated carbocycles. The summed E-state index contributed by atoms with van der Waals surface area (Å²) in [5.74, 6) is 1.87. The number of rotatable bonds is 4. The molecule has 1 heterocycles. The number of aryl methyl sites for hydroxylation is 1. The van der Waals surface area contributed by atoms with E-state index in [0.717, 1.165) is 17.3 Å². The van der Waals surface area contributed by atoms with Gasteiger partial charge in [0.05, 0.1) is 6.54 Å². The first-order valence-corrected chi connectivity index (χ1v) is 6.66. The lowest BCUT2D eigenvalue weighted by Crippen LogP contribution is -2.06. The Hall–Kier alpha value is -1.49. The number of anilines is 1. The molecule has 5 heteroatoms. The van der Waals surface area contributed by atoms with Gasteiger partial charge in [-0.2, -0.15) is 0 Å². The van der Waals surface area contributed by atoms with Crippen molar-refractivity contribution >= 4 is 17.4 Å². The van der Waals surface area contributed by atoms with Crippen LogP contribution in [0.1, 0.15) is 11.6 Å². The van der Waals surface area contributed by atoms with Crippen LogP contribution in [-0.4, -0.2) is 21.0 Å². The van der Waals surface area contributed by atoms with Gasteiger partial charge in [0.2, 0.25) is 0 Å². The maximum absolute atomic E-state index is 4.11. The van der Waals surface area contributed by atoms with E-state index >= 15 is 0 Å². The molecule has 0 fully saturated rings. The summed E-state index contributed by atoms with van der Waals surface area (Å²) in [5, 5.41) is 11.5. The summed E-state index contributed by atoms with van der Waals surface area (Å²) < 4.78 is 1.99. The summed E-state index contributed by atoms with van der Waals surface area (Å²) in [7, 11) is 1.98. The fourth-order valence-electron chi connectivity index (χ4n) is 1.49. The third-order valence-corrected chi connectivity index (χ3v) is 3.47. The molecule has 2 aromatic rings. The van der Waals surface area contributed by atoms with Crippen LogP contribution in [0.2, 0.25) is 0 Å². The average molecular weight is 248 g/mol. The number of hydrogen-bond acceptors (Lipinski definition) is 4. The van der Waals surface area contributed by atoms with Gasteiger partial charge in [0, 0.05) is 17.6 Å². The third kappa shape index (κ3) is 2.79. The maximum atomic E-state index is 4.11. The lowest BCUT2D eigenvalue weighted by Gasteiger charge is -2.06. The molecule has 1 aromatic carbocycles. The van der Waals surface area contributed by atoms with Crippen molar-refractivity contribution in [3.05, 3.63) is 35.9 Å². The van der Waals surface area contributed by atoms with E-state index in [0.29, 0.717) is 6.54 Å². The lowest BCUT2D eigenvalue weighted by molar-refractivity contribution is 0.789. The van der Waals surface area contributed by atoms with E-state index in [1.807, 2.05) is 18.5 Å². The van der Waals surface area contributed by atoms with Crippen molar-refractivity contribution in [1.29, 1.82) is 0 Å². The molecular formula is C12H16N4S. The number of nitrogens with one attached hydrogen (secondary N) is 1. The SMILES string of the molecule is CSc1ccc(NCc2nnc(C)n2C)cc1. The van der Waals surface area contributed by atoms with Crippen LogP contribution < -0.4 is 5.32 Å². The summed E-state index contributed by atoms with van der Waals surface area (Å²) in [6.07, 6.45) is 2.07. The lowest BCUT2D eigenvalue weighted by atomic mass is 10.3. The minimum absolute atomic E-state index is 0.690. The first-order chi connectivity index (χ1) is 8.20. The largest absolute Gasteiger partial charge is 0.378 e. The Morgan fingerprint density at radius 1 is 1.24 bits per heavy atom. The highest BCUT2D eigenvalue weighted by Crippen LogP contribution is 2.17. The van der Waals surface area contributed by atoms with Gasteiger partial charge >= 0.3 is 0 Å². The molecule has 90 valence electrons. The van der Waals surface area contributed by atoms with E-state index in [1.54, 1.807) is 11.8 Å². The Balaban J connectivity index is 2.00. The molecule has 0 atom stereocenters. The molecule has 17 heavy (non-hydrogen) atoms. The second kappa shape index (κ2) is 5.23. The summed E-state index contributed by atoms with van der Waals surface area (Å²) in [6, 6.07) is 8.37. The van der Waals surface area contributed by atoms with E-state index in [9.17, 15) is 0 Å². The average Bonchev–Trinajstić information content (AvgIpc) is 2.68. The second-order valence-electron chi connectivity index (χ2n) is 3.80. The third-order valence-electron chi connectivity index (χ3n) is 2.72. The Morgan fingerprint density at radius 2 is 1.94 bits per heavy atom. The van der Waals surface area contributed by atoms with Crippen LogP contribution in [0.3, 0.4) is 0 Å². The first kappa shape index (κ1) is 12.0. The summed E-state index contributed by atoms with van der Waals surface area (Å²) in [4.78, 5) is 1.27. The Morgan fingerprint density at radius 3 is 2.47 bits per heavy atom. The minimum Gasteiger partial charge on any atom is -0.378 e. The molecule has 2 rings (SSSR count). The van der Waals surface area contributed by atoms with Gasteiger partial charge in [-0.3, -0.25) is 0 Å². The minimum atomic E-state index is 0.690. The Kier molecular flexibility index (Phi) is 3.68. The second-order valence-corrected chi connectivity index (χ2v) is 4.68. The standard InChI is InChI=1S/C12H16N4S/c1-9-14-15-12(16(9)2)8-13-10-4-6-11(17-3)7-5-10/h4-7,13H,8H2,1-3H3. The van der Waals surface area contributed by atoms with E-state index < -0.39 is 0 Å². The zero-order chi connectivity index (χ0) is 12.3. The van der Waals surface area contributed by atoms with E-state index in [1.165, 1.54) is 4.90 Å². The van der Waals surface area contributed by atoms with Gasteiger partial charge in [-0.25, -0.2) is 0 Å². The highest BCUT2D eigenvalue weighted by Gasteiger charge is 2.03. The highest BCUT2D eigenvalue weighted by atomic mass is 32.2. The topological polar surface area (TPSA) is 42.7 Å². The molecule has 0 radical (unpaired) electrons. The van der Waals surface area contributed by atoms with Crippen molar-refractivity contribution in [3.8, 4) is 0 Å². The van der Waals surface area contributed by atoms with Gasteiger partial charge in [-0.1, -0.05) is 0 Å². The monoisotopic (exact) mass is 248 g/mol. The number of nitrogens with zero attached hydrogens (tertiary/aromatic N) is 3. The van der Waals surface area contributed by atoms with Crippen LogP contribution in [0.5, 0.6) is 0 Å². The van der Waals surface area contributed by atoms with Gasteiger partial charge in [0.15, 0.2) is 5.82 Å². The van der Waals surface area contributed by atoms with Crippen LogP contribution in [0, 0.1) is 6.92 Å². The van der Waals surface area contributed by atoms with Crippen molar-refractivity contribution < 1.29 is 0 Å². The van der Waals surface area contributed by atoms with E-state index in [4.69, 9.17) is 0 Å². The molecule has 0 aliphatic carbocycles. The molecule has 0 aliphatic heterocycles. The van der Waals surface area contributed by atoms with Crippen molar-refractivity contribution in [1.82, 2.24) is 14.8 Å². The molecule has 0 saturated heterocycles. The number of aromatic nitrogens is 3. The van der Waals surface area contributed by atoms with E-state index in [2.05, 4.69) is 46.0 Å². The normalized spacial score (nSPS) is 10.5. The van der Waals surface area contributed by atoms with Crippen molar-refractivity contribution in [2.24, 2.45) is 7.05 Å². The van der Waals surface area contributed by atoms with Gasteiger partial charge in [-0.05, 0) is 37.4 Å². The molecule has 0 bridgehead atoms. The van der Waals surface area contributed by atoms with Crippen LogP contribution in [0.15, 0.2) is 29.2 Å². The molecule has 0 spiro atoms. The fourth-order valence-corrected chi connectivity index (χ4v) is 1.90. The van der Waals surface area contributed by atoms with Crippen molar-refractivity contribution in [2.75, 3.05) is 11.6 Å². The Bertz CT molecular complexity index is 490. The van der Waals surface area contributed by atoms with Gasteiger partial charge in [0.1, 0.15) is 5.82 Å². The molecule has 0 aliphatic rings. The van der Waals surface area contributed by atoms with Gasteiger partial charge in [-0.15, -0.1) is 22.0 Å². The first-order valence-electron chi connectivity index (χ1n) is 5.43. The van der Waals surface area contributed by atoms with Crippen molar-refractivity contribution in [2.45, 2.75) is 18.4 Å². The maximum Gasteiger partial charge on any atom is 0.152 e. The fraction of sp³-hybridized carbons (Fsp3) is 0.333. The Labute approximate surface area is 105 Å². The molecule has 1 N–H and O–H groups in total. The summed E-state index contributed by atoms with van der Waals surface area (Å²) in [6.45, 7) is 2.64. The summed E-state index contributed by atoms with van der Waals surface area (Å²) >= 11 is 1.74. The van der Waals surface area contributed by atoms with Crippen molar-refractivity contribution in [3.63, 3.8) is 0 Å². The highest BCUT2D eigenvalue weighted by molar-refractivity contribution is 7.98. The van der Waals surface area contributed by atoms with Gasteiger partial charge < -0.3 is 9.88 Å². The molecule has 1 aromatic heterocycles. The van der Waals surface area contributed by atoms with Gasteiger partial charge in [0.25, 0.3) is 0 Å². The quantitative estimate of drug-likeness (QED) is 0.844. The van der Waals surface area contributed by atoms with E-state index in [-0.39, 0.29) is 0 Å². The zero-order valence-electron chi connectivity index (χ0n) is 10.3. The van der Waals surface area contributed by atoms with Crippen LogP contribution in [0.25, 0.3) is 0 Å². The predicted molar refractivity (Wildman–Crippen MR) is 71.3 cm³/mol. The van der Waals surface area contributed by atoms with Crippen LogP contribution in [-0.2, 0) is 13.6 Å².